The SMILES string of the molecule is CN(C)c1ccc(C(=O)NNC(=O)/C=C\C(=O)O)cc1. The van der Waals surface area contributed by atoms with Crippen molar-refractivity contribution >= 4 is 23.5 Å². The van der Waals surface area contributed by atoms with Gasteiger partial charge in [0.15, 0.2) is 0 Å². The molecule has 0 saturated carbocycles. The van der Waals surface area contributed by atoms with Gasteiger partial charge >= 0.3 is 5.97 Å². The van der Waals surface area contributed by atoms with E-state index in [1.165, 1.54) is 0 Å². The Morgan fingerprint density at radius 3 is 2.15 bits per heavy atom. The number of hydrogen-bond acceptors (Lipinski definition) is 4. The maximum absolute atomic E-state index is 11.7. The molecule has 0 aromatic heterocycles. The predicted octanol–water partition coefficient (Wildman–Crippen LogP) is 0.154. The number of nitrogens with zero attached hydrogens (tertiary/aromatic N) is 1. The molecule has 7 heteroatoms. The zero-order chi connectivity index (χ0) is 15.1. The fourth-order valence-electron chi connectivity index (χ4n) is 1.29. The Balaban J connectivity index is 2.55. The van der Waals surface area contributed by atoms with E-state index in [0.717, 1.165) is 11.8 Å². The highest BCUT2D eigenvalue weighted by atomic mass is 16.4. The molecular formula is C13H15N3O4. The van der Waals surface area contributed by atoms with Crippen molar-refractivity contribution in [3.63, 3.8) is 0 Å². The highest BCUT2D eigenvalue weighted by Crippen LogP contribution is 2.11. The number of benzene rings is 1. The second-order valence-corrected chi connectivity index (χ2v) is 4.06. The van der Waals surface area contributed by atoms with Gasteiger partial charge in [-0.1, -0.05) is 0 Å². The van der Waals surface area contributed by atoms with Crippen molar-refractivity contribution in [2.24, 2.45) is 0 Å². The van der Waals surface area contributed by atoms with Crippen LogP contribution in [0, 0.1) is 0 Å². The van der Waals surface area contributed by atoms with Crippen molar-refractivity contribution < 1.29 is 19.5 Å². The summed E-state index contributed by atoms with van der Waals surface area (Å²) in [5, 5.41) is 8.33. The summed E-state index contributed by atoms with van der Waals surface area (Å²) in [7, 11) is 3.76. The summed E-state index contributed by atoms with van der Waals surface area (Å²) in [6, 6.07) is 6.76. The summed E-state index contributed by atoms with van der Waals surface area (Å²) in [6.45, 7) is 0. The van der Waals surface area contributed by atoms with E-state index in [0.29, 0.717) is 11.6 Å². The minimum atomic E-state index is -1.24. The van der Waals surface area contributed by atoms with Gasteiger partial charge in [-0.05, 0) is 24.3 Å². The van der Waals surface area contributed by atoms with Crippen LogP contribution in [0.2, 0.25) is 0 Å². The second-order valence-electron chi connectivity index (χ2n) is 4.06. The summed E-state index contributed by atoms with van der Waals surface area (Å²) in [5.74, 6) is -2.47. The number of nitrogens with one attached hydrogen (secondary N) is 2. The Morgan fingerprint density at radius 2 is 1.65 bits per heavy atom. The predicted molar refractivity (Wildman–Crippen MR) is 73.2 cm³/mol. The zero-order valence-electron chi connectivity index (χ0n) is 11.1. The number of carbonyl (C=O) groups excluding carboxylic acids is 2. The third kappa shape index (κ3) is 4.81. The van der Waals surface area contributed by atoms with Crippen LogP contribution in [0.25, 0.3) is 0 Å². The van der Waals surface area contributed by atoms with Crippen molar-refractivity contribution in [2.75, 3.05) is 19.0 Å². The summed E-state index contributed by atoms with van der Waals surface area (Å²) in [4.78, 5) is 34.9. The van der Waals surface area contributed by atoms with Gasteiger partial charge < -0.3 is 10.0 Å². The van der Waals surface area contributed by atoms with Crippen LogP contribution in [0.3, 0.4) is 0 Å². The van der Waals surface area contributed by atoms with E-state index < -0.39 is 17.8 Å². The quantitative estimate of drug-likeness (QED) is 0.537. The van der Waals surface area contributed by atoms with Crippen LogP contribution in [-0.4, -0.2) is 37.0 Å². The molecule has 0 bridgehead atoms. The zero-order valence-corrected chi connectivity index (χ0v) is 11.1. The van der Waals surface area contributed by atoms with Crippen molar-refractivity contribution in [3.8, 4) is 0 Å². The first-order valence-corrected chi connectivity index (χ1v) is 5.69. The molecule has 0 fully saturated rings. The summed E-state index contributed by atoms with van der Waals surface area (Å²) < 4.78 is 0. The van der Waals surface area contributed by atoms with Gasteiger partial charge in [0, 0.05) is 37.5 Å². The van der Waals surface area contributed by atoms with Crippen LogP contribution in [0.4, 0.5) is 5.69 Å². The van der Waals surface area contributed by atoms with Crippen LogP contribution >= 0.6 is 0 Å². The molecule has 0 spiro atoms. The van der Waals surface area contributed by atoms with E-state index in [1.54, 1.807) is 24.3 Å². The smallest absolute Gasteiger partial charge is 0.328 e. The average Bonchev–Trinajstić information content (AvgIpc) is 2.42. The van der Waals surface area contributed by atoms with Gasteiger partial charge in [0.25, 0.3) is 11.8 Å². The average molecular weight is 277 g/mol. The van der Waals surface area contributed by atoms with Gasteiger partial charge in [-0.25, -0.2) is 4.79 Å². The first-order chi connectivity index (χ1) is 9.40. The minimum Gasteiger partial charge on any atom is -0.478 e. The summed E-state index contributed by atoms with van der Waals surface area (Å²) in [5.41, 5.74) is 5.56. The number of carboxylic acid groups (broad SMARTS) is 1. The molecule has 7 nitrogen and oxygen atoms in total. The largest absolute Gasteiger partial charge is 0.478 e. The standard InChI is InChI=1S/C13H15N3O4/c1-16(2)10-5-3-9(4-6-10)13(20)15-14-11(17)7-8-12(18)19/h3-8H,1-2H3,(H,14,17)(H,15,20)(H,18,19)/b8-7-. The topological polar surface area (TPSA) is 98.7 Å². The van der Waals surface area contributed by atoms with Gasteiger partial charge in [0.1, 0.15) is 0 Å². The molecule has 0 aliphatic carbocycles. The van der Waals surface area contributed by atoms with Crippen molar-refractivity contribution in [1.82, 2.24) is 10.9 Å². The maximum Gasteiger partial charge on any atom is 0.328 e. The fraction of sp³-hybridized carbons (Fsp3) is 0.154. The molecular weight excluding hydrogens is 262 g/mol. The molecule has 0 heterocycles. The third-order valence-electron chi connectivity index (χ3n) is 2.32. The van der Waals surface area contributed by atoms with E-state index >= 15 is 0 Å². The Labute approximate surface area is 115 Å². The normalized spacial score (nSPS) is 10.1. The number of hydrazine groups is 1. The monoisotopic (exact) mass is 277 g/mol. The molecule has 0 aliphatic rings. The van der Waals surface area contributed by atoms with E-state index in [9.17, 15) is 14.4 Å². The van der Waals surface area contributed by atoms with Gasteiger partial charge in [-0.15, -0.1) is 0 Å². The van der Waals surface area contributed by atoms with E-state index in [1.807, 2.05) is 19.0 Å². The first-order valence-electron chi connectivity index (χ1n) is 5.69. The molecule has 0 saturated heterocycles. The summed E-state index contributed by atoms with van der Waals surface area (Å²) in [6.07, 6.45) is 1.48. The molecule has 20 heavy (non-hydrogen) atoms. The Hall–Kier alpha value is -2.83. The molecule has 0 atom stereocenters. The number of amides is 2. The highest BCUT2D eigenvalue weighted by molar-refractivity contribution is 5.98. The lowest BCUT2D eigenvalue weighted by Crippen LogP contribution is -2.40. The first kappa shape index (κ1) is 15.2. The van der Waals surface area contributed by atoms with E-state index in [-0.39, 0.29) is 0 Å². The van der Waals surface area contributed by atoms with Crippen molar-refractivity contribution in [3.05, 3.63) is 42.0 Å². The van der Waals surface area contributed by atoms with Crippen LogP contribution in [-0.2, 0) is 9.59 Å². The minimum absolute atomic E-state index is 0.373. The lowest BCUT2D eigenvalue weighted by molar-refractivity contribution is -0.131. The van der Waals surface area contributed by atoms with Gasteiger partial charge in [-0.3, -0.25) is 20.4 Å². The number of hydrogen-bond donors (Lipinski definition) is 3. The molecule has 1 aromatic carbocycles. The molecule has 1 rings (SSSR count). The highest BCUT2D eigenvalue weighted by Gasteiger charge is 2.06. The van der Waals surface area contributed by atoms with Crippen LogP contribution in [0.15, 0.2) is 36.4 Å². The molecule has 0 radical (unpaired) electrons. The van der Waals surface area contributed by atoms with E-state index in [2.05, 4.69) is 10.9 Å². The van der Waals surface area contributed by atoms with Gasteiger partial charge in [0.05, 0.1) is 0 Å². The Morgan fingerprint density at radius 1 is 1.05 bits per heavy atom. The van der Waals surface area contributed by atoms with Crippen LogP contribution in [0.5, 0.6) is 0 Å². The number of rotatable bonds is 4. The third-order valence-corrected chi connectivity index (χ3v) is 2.32. The Kier molecular flexibility index (Phi) is 5.28. The lowest BCUT2D eigenvalue weighted by Gasteiger charge is -2.12. The lowest BCUT2D eigenvalue weighted by atomic mass is 10.2. The molecule has 2 amide bonds. The fourth-order valence-corrected chi connectivity index (χ4v) is 1.29. The van der Waals surface area contributed by atoms with Crippen molar-refractivity contribution in [1.29, 1.82) is 0 Å². The van der Waals surface area contributed by atoms with E-state index in [4.69, 9.17) is 5.11 Å². The molecule has 106 valence electrons. The molecule has 0 aliphatic heterocycles. The molecule has 0 unspecified atom stereocenters. The Bertz CT molecular complexity index is 535. The van der Waals surface area contributed by atoms with Gasteiger partial charge in [-0.2, -0.15) is 0 Å². The van der Waals surface area contributed by atoms with Crippen LogP contribution in [0.1, 0.15) is 10.4 Å². The van der Waals surface area contributed by atoms with Crippen LogP contribution < -0.4 is 15.8 Å². The second kappa shape index (κ2) is 6.93. The van der Waals surface area contributed by atoms with Gasteiger partial charge in [0.2, 0.25) is 0 Å². The molecule has 3 N–H and O–H groups in total. The van der Waals surface area contributed by atoms with Crippen molar-refractivity contribution in [2.45, 2.75) is 0 Å². The summed E-state index contributed by atoms with van der Waals surface area (Å²) >= 11 is 0. The molecule has 1 aromatic rings. The number of aliphatic carboxylic acids is 1. The number of carbonyl (C=O) groups is 3. The number of anilines is 1. The number of carboxylic acids is 1. The maximum atomic E-state index is 11.7.